The Morgan fingerprint density at radius 3 is 2.45 bits per heavy atom. The van der Waals surface area contributed by atoms with Gasteiger partial charge in [0.15, 0.2) is 0 Å². The molecule has 1 N–H and O–H groups in total. The summed E-state index contributed by atoms with van der Waals surface area (Å²) in [6, 6.07) is 0.771. The fourth-order valence-electron chi connectivity index (χ4n) is 4.86. The molecule has 3 aliphatic rings. The maximum absolute atomic E-state index is 5.95. The maximum atomic E-state index is 5.95. The standard InChI is InChI=1S/C18H33NO/c1-18(12-7-13-20-18)14-19-17-11-6-5-10-16(17)15-8-3-2-4-9-15/h15-17,19H,2-14H2,1H3. The molecular formula is C18H33NO. The highest BCUT2D eigenvalue weighted by Gasteiger charge is 2.35. The van der Waals surface area contributed by atoms with Crippen LogP contribution in [0.5, 0.6) is 0 Å². The van der Waals surface area contributed by atoms with Crippen molar-refractivity contribution >= 4 is 0 Å². The predicted molar refractivity (Wildman–Crippen MR) is 83.9 cm³/mol. The highest BCUT2D eigenvalue weighted by molar-refractivity contribution is 4.90. The summed E-state index contributed by atoms with van der Waals surface area (Å²) < 4.78 is 5.95. The third kappa shape index (κ3) is 3.57. The van der Waals surface area contributed by atoms with Crippen LogP contribution in [-0.4, -0.2) is 24.8 Å². The van der Waals surface area contributed by atoms with Gasteiger partial charge in [0, 0.05) is 19.2 Å². The lowest BCUT2D eigenvalue weighted by Crippen LogP contribution is -2.48. The molecule has 2 aliphatic carbocycles. The van der Waals surface area contributed by atoms with Crippen LogP contribution in [0.25, 0.3) is 0 Å². The smallest absolute Gasteiger partial charge is 0.0779 e. The molecule has 3 rings (SSSR count). The molecule has 0 aromatic heterocycles. The van der Waals surface area contributed by atoms with Crippen molar-refractivity contribution in [3.05, 3.63) is 0 Å². The zero-order chi connectivity index (χ0) is 13.8. The van der Waals surface area contributed by atoms with Crippen molar-refractivity contribution in [2.75, 3.05) is 13.2 Å². The second kappa shape index (κ2) is 6.79. The van der Waals surface area contributed by atoms with Crippen LogP contribution in [-0.2, 0) is 4.74 Å². The molecule has 0 aromatic rings. The summed E-state index contributed by atoms with van der Waals surface area (Å²) in [7, 11) is 0. The Balaban J connectivity index is 1.54. The molecular weight excluding hydrogens is 246 g/mol. The summed E-state index contributed by atoms with van der Waals surface area (Å²) in [6.07, 6.45) is 15.7. The second-order valence-electron chi connectivity index (χ2n) is 7.74. The van der Waals surface area contributed by atoms with Crippen LogP contribution in [0.2, 0.25) is 0 Å². The molecule has 1 saturated heterocycles. The molecule has 20 heavy (non-hydrogen) atoms. The average molecular weight is 279 g/mol. The highest BCUT2D eigenvalue weighted by Crippen LogP contribution is 2.38. The van der Waals surface area contributed by atoms with Crippen molar-refractivity contribution in [2.24, 2.45) is 11.8 Å². The minimum Gasteiger partial charge on any atom is -0.374 e. The summed E-state index contributed by atoms with van der Waals surface area (Å²) >= 11 is 0. The zero-order valence-electron chi connectivity index (χ0n) is 13.3. The van der Waals surface area contributed by atoms with E-state index in [0.717, 1.165) is 31.0 Å². The molecule has 3 unspecified atom stereocenters. The van der Waals surface area contributed by atoms with E-state index in [2.05, 4.69) is 12.2 Å². The Bertz CT molecular complexity index is 292. The van der Waals surface area contributed by atoms with Crippen LogP contribution in [0.15, 0.2) is 0 Å². The normalized spacial score (nSPS) is 40.0. The Labute approximate surface area is 125 Å². The molecule has 2 nitrogen and oxygen atoms in total. The number of nitrogens with one attached hydrogen (secondary N) is 1. The molecule has 0 amide bonds. The topological polar surface area (TPSA) is 21.3 Å². The second-order valence-corrected chi connectivity index (χ2v) is 7.74. The van der Waals surface area contributed by atoms with Gasteiger partial charge >= 0.3 is 0 Å². The molecule has 3 fully saturated rings. The molecule has 2 heteroatoms. The van der Waals surface area contributed by atoms with Gasteiger partial charge in [-0.25, -0.2) is 0 Å². The Hall–Kier alpha value is -0.0800. The van der Waals surface area contributed by atoms with Crippen molar-refractivity contribution in [2.45, 2.75) is 89.2 Å². The summed E-state index contributed by atoms with van der Waals surface area (Å²) in [5.41, 5.74) is 0.120. The van der Waals surface area contributed by atoms with Crippen molar-refractivity contribution in [1.29, 1.82) is 0 Å². The largest absolute Gasteiger partial charge is 0.374 e. The van der Waals surface area contributed by atoms with Crippen molar-refractivity contribution < 1.29 is 4.74 Å². The van der Waals surface area contributed by atoms with Crippen LogP contribution in [0, 0.1) is 11.8 Å². The van der Waals surface area contributed by atoms with Gasteiger partial charge in [0.05, 0.1) is 5.60 Å². The lowest BCUT2D eigenvalue weighted by molar-refractivity contribution is 0.0132. The van der Waals surface area contributed by atoms with E-state index in [1.54, 1.807) is 0 Å². The zero-order valence-corrected chi connectivity index (χ0v) is 13.3. The van der Waals surface area contributed by atoms with Crippen LogP contribution >= 0.6 is 0 Å². The minimum absolute atomic E-state index is 0.120. The van der Waals surface area contributed by atoms with Gasteiger partial charge in [-0.1, -0.05) is 44.9 Å². The third-order valence-electron chi connectivity index (χ3n) is 6.11. The van der Waals surface area contributed by atoms with Gasteiger partial charge in [0.1, 0.15) is 0 Å². The summed E-state index contributed by atoms with van der Waals surface area (Å²) in [6.45, 7) is 4.33. The maximum Gasteiger partial charge on any atom is 0.0779 e. The first-order valence-electron chi connectivity index (χ1n) is 9.14. The number of ether oxygens (including phenoxy) is 1. The lowest BCUT2D eigenvalue weighted by atomic mass is 9.71. The molecule has 3 atom stereocenters. The van der Waals surface area contributed by atoms with Crippen LogP contribution in [0.3, 0.4) is 0 Å². The Morgan fingerprint density at radius 1 is 0.950 bits per heavy atom. The van der Waals surface area contributed by atoms with E-state index in [1.807, 2.05) is 0 Å². The third-order valence-corrected chi connectivity index (χ3v) is 6.11. The summed E-state index contributed by atoms with van der Waals surface area (Å²) in [4.78, 5) is 0. The molecule has 1 heterocycles. The fraction of sp³-hybridized carbons (Fsp3) is 1.00. The number of rotatable bonds is 4. The average Bonchev–Trinajstić information content (AvgIpc) is 2.94. The minimum atomic E-state index is 0.120. The van der Waals surface area contributed by atoms with Crippen molar-refractivity contribution in [3.63, 3.8) is 0 Å². The Morgan fingerprint density at radius 2 is 1.70 bits per heavy atom. The van der Waals surface area contributed by atoms with Crippen LogP contribution < -0.4 is 5.32 Å². The quantitative estimate of drug-likeness (QED) is 0.829. The van der Waals surface area contributed by atoms with Crippen molar-refractivity contribution in [3.8, 4) is 0 Å². The molecule has 2 saturated carbocycles. The van der Waals surface area contributed by atoms with E-state index >= 15 is 0 Å². The van der Waals surface area contributed by atoms with E-state index in [9.17, 15) is 0 Å². The summed E-state index contributed by atoms with van der Waals surface area (Å²) in [5, 5.41) is 3.93. The Kier molecular flexibility index (Phi) is 5.04. The first kappa shape index (κ1) is 14.8. The monoisotopic (exact) mass is 279 g/mol. The van der Waals surface area contributed by atoms with E-state index in [0.29, 0.717) is 0 Å². The number of hydrogen-bond donors (Lipinski definition) is 1. The van der Waals surface area contributed by atoms with Gasteiger partial charge in [0.25, 0.3) is 0 Å². The molecule has 0 aromatic carbocycles. The van der Waals surface area contributed by atoms with E-state index in [-0.39, 0.29) is 5.60 Å². The van der Waals surface area contributed by atoms with Gasteiger partial charge in [-0.05, 0) is 44.4 Å². The first-order valence-corrected chi connectivity index (χ1v) is 9.14. The predicted octanol–water partition coefficient (Wildman–Crippen LogP) is 4.28. The number of hydrogen-bond acceptors (Lipinski definition) is 2. The van der Waals surface area contributed by atoms with Crippen LogP contribution in [0.1, 0.15) is 77.6 Å². The van der Waals surface area contributed by atoms with E-state index < -0.39 is 0 Å². The van der Waals surface area contributed by atoms with Crippen molar-refractivity contribution in [1.82, 2.24) is 5.32 Å². The fourth-order valence-corrected chi connectivity index (χ4v) is 4.86. The van der Waals surface area contributed by atoms with Gasteiger partial charge in [-0.2, -0.15) is 0 Å². The molecule has 0 spiro atoms. The van der Waals surface area contributed by atoms with E-state index in [1.165, 1.54) is 70.6 Å². The summed E-state index contributed by atoms with van der Waals surface area (Å²) in [5.74, 6) is 1.97. The first-order chi connectivity index (χ1) is 9.77. The van der Waals surface area contributed by atoms with Gasteiger partial charge < -0.3 is 10.1 Å². The molecule has 0 radical (unpaired) electrons. The molecule has 1 aliphatic heterocycles. The van der Waals surface area contributed by atoms with Gasteiger partial charge in [-0.3, -0.25) is 0 Å². The molecule has 116 valence electrons. The molecule has 0 bridgehead atoms. The van der Waals surface area contributed by atoms with Crippen LogP contribution in [0.4, 0.5) is 0 Å². The highest BCUT2D eigenvalue weighted by atomic mass is 16.5. The van der Waals surface area contributed by atoms with Gasteiger partial charge in [0.2, 0.25) is 0 Å². The SMILES string of the molecule is CC1(CNC2CCCCC2C2CCCCC2)CCCO1. The van der Waals surface area contributed by atoms with Gasteiger partial charge in [-0.15, -0.1) is 0 Å². The lowest BCUT2D eigenvalue weighted by Gasteiger charge is -2.40. The van der Waals surface area contributed by atoms with E-state index in [4.69, 9.17) is 4.74 Å².